The Morgan fingerprint density at radius 3 is 1.67 bits per heavy atom. The fourth-order valence-electron chi connectivity index (χ4n) is 4.70. The normalized spacial score (nSPS) is 10.5. The number of rotatable bonds is 7. The molecule has 11 nitrogen and oxygen atoms in total. The zero-order valence-corrected chi connectivity index (χ0v) is 29.1. The van der Waals surface area contributed by atoms with Crippen LogP contribution in [0.25, 0.3) is 21.8 Å². The Balaban J connectivity index is 0.000000241. The van der Waals surface area contributed by atoms with Gasteiger partial charge in [0.2, 0.25) is 0 Å². The molecule has 0 saturated heterocycles. The first-order valence-electron chi connectivity index (χ1n) is 13.7. The molecule has 4 aromatic heterocycles. The van der Waals surface area contributed by atoms with Crippen LogP contribution in [-0.2, 0) is 17.8 Å². The summed E-state index contributed by atoms with van der Waals surface area (Å²) < 4.78 is 8.39. The van der Waals surface area contributed by atoms with Crippen LogP contribution in [0.3, 0.4) is 0 Å². The predicted molar refractivity (Wildman–Crippen MR) is 170 cm³/mol. The standard InChI is InChI=1S/C17H16ClN3O2.C15H12ClN3O2.Na.H2O/c1-3-23-17(22)15-10-21(20-11(15)2)9-12-4-5-16-13(6-12)7-14(18)8-19-16;1-9-13(15(20)21)8-19(18-9)7-10-2-3-14-11(4-10)5-12(16)6-17-14;;/h4-8,10H,3,9H2,1-2H3;2-6,8H,7H2,1H3,(H,20,21);;1H2/q;;+1;/p-1. The van der Waals surface area contributed by atoms with E-state index in [1.165, 1.54) is 6.20 Å². The van der Waals surface area contributed by atoms with E-state index >= 15 is 0 Å². The van der Waals surface area contributed by atoms with E-state index < -0.39 is 5.97 Å². The van der Waals surface area contributed by atoms with E-state index in [4.69, 9.17) is 33.0 Å². The summed E-state index contributed by atoms with van der Waals surface area (Å²) in [6.07, 6.45) is 6.50. The Labute approximate surface area is 296 Å². The van der Waals surface area contributed by atoms with Crippen LogP contribution in [0, 0.1) is 13.8 Å². The van der Waals surface area contributed by atoms with E-state index in [0.29, 0.717) is 46.7 Å². The van der Waals surface area contributed by atoms with Crippen molar-refractivity contribution in [2.45, 2.75) is 33.9 Å². The number of nitrogens with zero attached hydrogens (tertiary/aromatic N) is 6. The molecular formula is C32H29Cl2N6NaO5. The van der Waals surface area contributed by atoms with E-state index in [1.807, 2.05) is 48.5 Å². The van der Waals surface area contributed by atoms with E-state index in [2.05, 4.69) is 20.2 Å². The molecule has 232 valence electrons. The van der Waals surface area contributed by atoms with Gasteiger partial charge >= 0.3 is 41.5 Å². The van der Waals surface area contributed by atoms with Gasteiger partial charge in [-0.1, -0.05) is 35.3 Å². The molecule has 0 bridgehead atoms. The maximum absolute atomic E-state index is 11.8. The van der Waals surface area contributed by atoms with Crippen LogP contribution >= 0.6 is 23.2 Å². The zero-order valence-electron chi connectivity index (χ0n) is 25.6. The number of fused-ring (bicyclic) bond motifs is 2. The number of aromatic nitrogens is 6. The number of carbonyl (C=O) groups is 2. The first-order valence-corrected chi connectivity index (χ1v) is 14.4. The number of carbonyl (C=O) groups excluding carboxylic acids is 1. The molecule has 0 amide bonds. The predicted octanol–water partition coefficient (Wildman–Crippen LogP) is 3.58. The second kappa shape index (κ2) is 16.1. The molecule has 0 unspecified atom stereocenters. The third-order valence-corrected chi connectivity index (χ3v) is 7.15. The van der Waals surface area contributed by atoms with Crippen molar-refractivity contribution in [2.24, 2.45) is 0 Å². The largest absolute Gasteiger partial charge is 1.00 e. The summed E-state index contributed by atoms with van der Waals surface area (Å²) in [5.74, 6) is -1.31. The molecule has 0 atom stereocenters. The minimum atomic E-state index is -0.965. The number of carboxylic acid groups (broad SMARTS) is 1. The molecule has 4 heterocycles. The van der Waals surface area contributed by atoms with Crippen molar-refractivity contribution in [3.05, 3.63) is 117 Å². The van der Waals surface area contributed by atoms with Crippen LogP contribution in [-0.4, -0.2) is 58.7 Å². The summed E-state index contributed by atoms with van der Waals surface area (Å²) in [5.41, 5.74) is 5.71. The Bertz CT molecular complexity index is 2010. The third-order valence-electron chi connectivity index (χ3n) is 6.73. The van der Waals surface area contributed by atoms with Crippen molar-refractivity contribution in [2.75, 3.05) is 6.61 Å². The molecule has 0 aliphatic carbocycles. The molecule has 0 aliphatic rings. The van der Waals surface area contributed by atoms with Gasteiger partial charge in [-0.25, -0.2) is 9.59 Å². The van der Waals surface area contributed by atoms with E-state index in [-0.39, 0.29) is 46.6 Å². The van der Waals surface area contributed by atoms with Crippen molar-refractivity contribution >= 4 is 56.9 Å². The van der Waals surface area contributed by atoms with Crippen LogP contribution in [0.5, 0.6) is 0 Å². The van der Waals surface area contributed by atoms with Gasteiger partial charge in [0, 0.05) is 35.6 Å². The summed E-state index contributed by atoms with van der Waals surface area (Å²) in [6, 6.07) is 15.5. The Morgan fingerprint density at radius 2 is 1.24 bits per heavy atom. The van der Waals surface area contributed by atoms with Crippen LogP contribution in [0.15, 0.2) is 73.3 Å². The van der Waals surface area contributed by atoms with Crippen LogP contribution in [0.4, 0.5) is 0 Å². The second-order valence-electron chi connectivity index (χ2n) is 10.0. The number of esters is 1. The molecule has 2 aromatic carbocycles. The van der Waals surface area contributed by atoms with Crippen LogP contribution in [0.2, 0.25) is 10.0 Å². The molecule has 2 N–H and O–H groups in total. The number of benzene rings is 2. The SMILES string of the molecule is CCOC(=O)c1cn(Cc2ccc3ncc(Cl)cc3c2)nc1C.Cc1nn(Cc2ccc3ncc(Cl)cc3c2)cc1C(=O)O.[Na+].[OH-]. The van der Waals surface area contributed by atoms with Gasteiger partial charge in [-0.15, -0.1) is 0 Å². The van der Waals surface area contributed by atoms with E-state index in [0.717, 1.165) is 32.9 Å². The van der Waals surface area contributed by atoms with Gasteiger partial charge in [-0.05, 0) is 68.3 Å². The monoisotopic (exact) mass is 670 g/mol. The number of hydrogen-bond acceptors (Lipinski definition) is 8. The molecule has 46 heavy (non-hydrogen) atoms. The van der Waals surface area contributed by atoms with Gasteiger partial charge in [0.05, 0.1) is 52.2 Å². The molecule has 0 spiro atoms. The van der Waals surface area contributed by atoms with Gasteiger partial charge < -0.3 is 15.3 Å². The number of ether oxygens (including phenoxy) is 1. The van der Waals surface area contributed by atoms with Gasteiger partial charge in [0.15, 0.2) is 0 Å². The Kier molecular flexibility index (Phi) is 12.8. The summed E-state index contributed by atoms with van der Waals surface area (Å²) >= 11 is 11.9. The topological polar surface area (TPSA) is 155 Å². The molecular weight excluding hydrogens is 642 g/mol. The maximum Gasteiger partial charge on any atom is 1.00 e. The number of halogens is 2. The number of aromatic carboxylic acids is 1. The second-order valence-corrected chi connectivity index (χ2v) is 10.9. The molecule has 0 aliphatic heterocycles. The number of aryl methyl sites for hydroxylation is 2. The van der Waals surface area contributed by atoms with E-state index in [1.54, 1.807) is 48.7 Å². The number of pyridine rings is 2. The smallest absolute Gasteiger partial charge is 0.870 e. The third kappa shape index (κ3) is 8.91. The van der Waals surface area contributed by atoms with Crippen molar-refractivity contribution in [3.63, 3.8) is 0 Å². The average molecular weight is 672 g/mol. The molecule has 6 rings (SSSR count). The minimum absolute atomic E-state index is 0. The van der Waals surface area contributed by atoms with Gasteiger partial charge in [-0.2, -0.15) is 10.2 Å². The average Bonchev–Trinajstić information content (AvgIpc) is 3.54. The summed E-state index contributed by atoms with van der Waals surface area (Å²) in [4.78, 5) is 31.4. The van der Waals surface area contributed by atoms with Crippen molar-refractivity contribution in [1.82, 2.24) is 29.5 Å². The Hall–Kier alpha value is -3.84. The molecule has 0 fully saturated rings. The summed E-state index contributed by atoms with van der Waals surface area (Å²) in [5, 5.41) is 20.8. The summed E-state index contributed by atoms with van der Waals surface area (Å²) in [6.45, 7) is 6.67. The molecule has 14 heteroatoms. The fourth-order valence-corrected chi connectivity index (χ4v) is 5.03. The Morgan fingerprint density at radius 1 is 0.783 bits per heavy atom. The van der Waals surface area contributed by atoms with Crippen molar-refractivity contribution in [3.8, 4) is 0 Å². The number of hydrogen-bond donors (Lipinski definition) is 1. The zero-order chi connectivity index (χ0) is 31.4. The molecule has 0 radical (unpaired) electrons. The van der Waals surface area contributed by atoms with Crippen LogP contribution < -0.4 is 29.6 Å². The van der Waals surface area contributed by atoms with Gasteiger partial charge in [0.25, 0.3) is 0 Å². The van der Waals surface area contributed by atoms with Gasteiger partial charge in [0.1, 0.15) is 11.1 Å². The van der Waals surface area contributed by atoms with Gasteiger partial charge in [-0.3, -0.25) is 19.3 Å². The van der Waals surface area contributed by atoms with E-state index in [9.17, 15) is 9.59 Å². The quantitative estimate of drug-likeness (QED) is 0.198. The first-order chi connectivity index (χ1) is 21.1. The molecule has 0 saturated carbocycles. The maximum atomic E-state index is 11.8. The first kappa shape index (κ1) is 36.6. The molecule has 6 aromatic rings. The van der Waals surface area contributed by atoms with Crippen molar-refractivity contribution in [1.29, 1.82) is 0 Å². The fraction of sp³-hybridized carbons (Fsp3) is 0.188. The van der Waals surface area contributed by atoms with Crippen LogP contribution in [0.1, 0.15) is 50.2 Å². The summed E-state index contributed by atoms with van der Waals surface area (Å²) in [7, 11) is 0. The van der Waals surface area contributed by atoms with Crippen molar-refractivity contribution < 1.29 is 54.5 Å². The number of carboxylic acids is 1. The minimum Gasteiger partial charge on any atom is -0.870 e.